The van der Waals surface area contributed by atoms with Gasteiger partial charge in [-0.2, -0.15) is 0 Å². The van der Waals surface area contributed by atoms with Crippen LogP contribution in [0, 0.1) is 17.7 Å². The monoisotopic (exact) mass is 468 g/mol. The molecule has 0 saturated carbocycles. The second-order valence-corrected chi connectivity index (χ2v) is 10.1. The molecular weight excluding hydrogens is 439 g/mol. The van der Waals surface area contributed by atoms with Gasteiger partial charge in [-0.05, 0) is 71.7 Å². The molecule has 0 aromatic heterocycles. The third kappa shape index (κ3) is 3.93. The Morgan fingerprint density at radius 1 is 0.829 bits per heavy atom. The van der Waals surface area contributed by atoms with Crippen LogP contribution in [-0.4, -0.2) is 36.3 Å². The van der Waals surface area contributed by atoms with E-state index in [0.717, 1.165) is 6.42 Å². The molecule has 1 fully saturated rings. The van der Waals surface area contributed by atoms with Gasteiger partial charge in [0.05, 0.1) is 0 Å². The lowest BCUT2D eigenvalue weighted by Crippen LogP contribution is -2.45. The summed E-state index contributed by atoms with van der Waals surface area (Å²) in [7, 11) is 0. The molecule has 1 atom stereocenters. The van der Waals surface area contributed by atoms with Crippen LogP contribution in [-0.2, 0) is 4.79 Å². The van der Waals surface area contributed by atoms with Crippen molar-refractivity contribution in [2.24, 2.45) is 11.8 Å². The van der Waals surface area contributed by atoms with E-state index in [-0.39, 0.29) is 23.5 Å². The number of nitrogens with one attached hydrogen (secondary N) is 1. The molecular formula is C30H29FN2O2. The van der Waals surface area contributed by atoms with E-state index < -0.39 is 0 Å². The standard InChI is InChI=1S/C30H29FN2O2/c31-22-11-9-20(10-12-22)30(35)33-15-13-19(14-16-33)29(34)32-18-21-17-27-23-5-1-3-7-25(23)28(21)26-8-4-2-6-24(26)27/h1-12,19,21,27-28H,13-18H2,(H,32,34). The SMILES string of the molecule is O=C(NCC1CC2c3ccccc3C1c1ccccc12)C1CCN(C(=O)c2ccc(F)cc2)CC1. The van der Waals surface area contributed by atoms with Gasteiger partial charge in [-0.25, -0.2) is 4.39 Å². The number of piperidine rings is 1. The van der Waals surface area contributed by atoms with Gasteiger partial charge >= 0.3 is 0 Å². The van der Waals surface area contributed by atoms with Crippen molar-refractivity contribution < 1.29 is 14.0 Å². The van der Waals surface area contributed by atoms with E-state index in [9.17, 15) is 14.0 Å². The average molecular weight is 469 g/mol. The quantitative estimate of drug-likeness (QED) is 0.580. The highest BCUT2D eigenvalue weighted by Crippen LogP contribution is 2.55. The van der Waals surface area contributed by atoms with E-state index in [0.29, 0.717) is 55.8 Å². The van der Waals surface area contributed by atoms with Crippen molar-refractivity contribution >= 4 is 11.8 Å². The maximum absolute atomic E-state index is 13.2. The van der Waals surface area contributed by atoms with Crippen LogP contribution in [0.15, 0.2) is 72.8 Å². The highest BCUT2D eigenvalue weighted by atomic mass is 19.1. The van der Waals surface area contributed by atoms with E-state index in [1.54, 1.807) is 4.90 Å². The Kier molecular flexibility index (Phi) is 5.63. The summed E-state index contributed by atoms with van der Waals surface area (Å²) in [5.41, 5.74) is 6.19. The molecule has 35 heavy (non-hydrogen) atoms. The molecule has 2 bridgehead atoms. The number of amides is 2. The van der Waals surface area contributed by atoms with Gasteiger partial charge in [0.25, 0.3) is 5.91 Å². The minimum Gasteiger partial charge on any atom is -0.356 e. The molecule has 7 rings (SSSR count). The summed E-state index contributed by atoms with van der Waals surface area (Å²) in [6.45, 7) is 1.77. The highest BCUT2D eigenvalue weighted by molar-refractivity contribution is 5.94. The van der Waals surface area contributed by atoms with Gasteiger partial charge in [0.2, 0.25) is 5.91 Å². The first-order valence-electron chi connectivity index (χ1n) is 12.6. The molecule has 1 aliphatic heterocycles. The van der Waals surface area contributed by atoms with Gasteiger partial charge in [-0.15, -0.1) is 0 Å². The van der Waals surface area contributed by atoms with Crippen molar-refractivity contribution in [2.45, 2.75) is 31.1 Å². The van der Waals surface area contributed by atoms with Crippen molar-refractivity contribution in [1.29, 1.82) is 0 Å². The Balaban J connectivity index is 1.08. The zero-order chi connectivity index (χ0) is 23.9. The zero-order valence-electron chi connectivity index (χ0n) is 19.6. The van der Waals surface area contributed by atoms with E-state index in [1.807, 2.05) is 0 Å². The van der Waals surface area contributed by atoms with Crippen LogP contribution in [0.1, 0.15) is 63.7 Å². The molecule has 3 aromatic rings. The molecule has 4 nitrogen and oxygen atoms in total. The van der Waals surface area contributed by atoms with Crippen LogP contribution in [0.3, 0.4) is 0 Å². The number of nitrogens with zero attached hydrogens (tertiary/aromatic N) is 1. The Morgan fingerprint density at radius 3 is 2.00 bits per heavy atom. The third-order valence-corrected chi connectivity index (χ3v) is 8.21. The molecule has 1 unspecified atom stereocenters. The molecule has 3 aliphatic carbocycles. The van der Waals surface area contributed by atoms with Crippen molar-refractivity contribution in [3.63, 3.8) is 0 Å². The lowest BCUT2D eigenvalue weighted by molar-refractivity contribution is -0.126. The minimum absolute atomic E-state index is 0.0763. The van der Waals surface area contributed by atoms with Gasteiger partial charge < -0.3 is 10.2 Å². The number of halogens is 1. The van der Waals surface area contributed by atoms with Crippen molar-refractivity contribution in [2.75, 3.05) is 19.6 Å². The summed E-state index contributed by atoms with van der Waals surface area (Å²) in [5.74, 6) is 0.677. The van der Waals surface area contributed by atoms with Gasteiger partial charge in [0.15, 0.2) is 0 Å². The van der Waals surface area contributed by atoms with Crippen LogP contribution in [0.5, 0.6) is 0 Å². The molecule has 0 radical (unpaired) electrons. The normalized spacial score (nSPS) is 22.9. The van der Waals surface area contributed by atoms with Gasteiger partial charge in [-0.1, -0.05) is 48.5 Å². The molecule has 178 valence electrons. The molecule has 1 heterocycles. The molecule has 3 aromatic carbocycles. The largest absolute Gasteiger partial charge is 0.356 e. The van der Waals surface area contributed by atoms with Crippen molar-refractivity contribution in [3.8, 4) is 0 Å². The molecule has 4 aliphatic rings. The summed E-state index contributed by atoms with van der Waals surface area (Å²) in [5, 5.41) is 3.27. The average Bonchev–Trinajstić information content (AvgIpc) is 2.92. The first-order valence-corrected chi connectivity index (χ1v) is 12.6. The predicted molar refractivity (Wildman–Crippen MR) is 133 cm³/mol. The topological polar surface area (TPSA) is 49.4 Å². The van der Waals surface area contributed by atoms with E-state index in [4.69, 9.17) is 0 Å². The van der Waals surface area contributed by atoms with E-state index in [2.05, 4.69) is 53.8 Å². The Hall–Kier alpha value is -3.47. The summed E-state index contributed by atoms with van der Waals surface area (Å²) in [6, 6.07) is 23.2. The second-order valence-electron chi connectivity index (χ2n) is 10.1. The number of rotatable bonds is 4. The summed E-state index contributed by atoms with van der Waals surface area (Å²) < 4.78 is 13.2. The van der Waals surface area contributed by atoms with E-state index in [1.165, 1.54) is 46.5 Å². The fourth-order valence-corrected chi connectivity index (χ4v) is 6.46. The van der Waals surface area contributed by atoms with Crippen LogP contribution in [0.4, 0.5) is 4.39 Å². The van der Waals surface area contributed by atoms with Crippen LogP contribution >= 0.6 is 0 Å². The maximum atomic E-state index is 13.2. The molecule has 1 N–H and O–H groups in total. The van der Waals surface area contributed by atoms with Crippen molar-refractivity contribution in [1.82, 2.24) is 10.2 Å². The van der Waals surface area contributed by atoms with Crippen LogP contribution in [0.2, 0.25) is 0 Å². The van der Waals surface area contributed by atoms with E-state index >= 15 is 0 Å². The number of carbonyl (C=O) groups excluding carboxylic acids is 2. The minimum atomic E-state index is -0.352. The van der Waals surface area contributed by atoms with Crippen LogP contribution in [0.25, 0.3) is 0 Å². The van der Waals surface area contributed by atoms with Gasteiger partial charge in [0, 0.05) is 43.0 Å². The first kappa shape index (κ1) is 22.0. The fourth-order valence-electron chi connectivity index (χ4n) is 6.46. The number of benzene rings is 3. The molecule has 5 heteroatoms. The Labute approximate surface area is 205 Å². The summed E-state index contributed by atoms with van der Waals surface area (Å²) in [6.07, 6.45) is 2.37. The smallest absolute Gasteiger partial charge is 0.253 e. The third-order valence-electron chi connectivity index (χ3n) is 8.21. The Bertz CT molecular complexity index is 1220. The Morgan fingerprint density at radius 2 is 1.40 bits per heavy atom. The number of fused-ring (bicyclic) bond motifs is 1. The molecule has 2 amide bonds. The predicted octanol–water partition coefficient (Wildman–Crippen LogP) is 5.09. The molecule has 1 saturated heterocycles. The first-order chi connectivity index (χ1) is 17.1. The summed E-state index contributed by atoms with van der Waals surface area (Å²) in [4.78, 5) is 27.5. The number of carbonyl (C=O) groups is 2. The van der Waals surface area contributed by atoms with Gasteiger partial charge in [-0.3, -0.25) is 9.59 Å². The number of hydrogen-bond donors (Lipinski definition) is 1. The zero-order valence-corrected chi connectivity index (χ0v) is 19.6. The van der Waals surface area contributed by atoms with Gasteiger partial charge in [0.1, 0.15) is 5.82 Å². The fraction of sp³-hybridized carbons (Fsp3) is 0.333. The number of hydrogen-bond acceptors (Lipinski definition) is 2. The van der Waals surface area contributed by atoms with Crippen LogP contribution < -0.4 is 5.32 Å². The lowest BCUT2D eigenvalue weighted by Gasteiger charge is -2.45. The summed E-state index contributed by atoms with van der Waals surface area (Å²) >= 11 is 0. The molecule has 0 spiro atoms. The highest BCUT2D eigenvalue weighted by Gasteiger charge is 2.43. The van der Waals surface area contributed by atoms with Crippen molar-refractivity contribution in [3.05, 3.63) is 106 Å². The second kappa shape index (κ2) is 8.95. The number of likely N-dealkylation sites (tertiary alicyclic amines) is 1. The maximum Gasteiger partial charge on any atom is 0.253 e. The lowest BCUT2D eigenvalue weighted by atomic mass is 9.59.